The van der Waals surface area contributed by atoms with E-state index in [0.29, 0.717) is 5.75 Å². The third-order valence-electron chi connectivity index (χ3n) is 1.75. The number of halogens is 2. The maximum absolute atomic E-state index is 5.18. The molecule has 0 saturated carbocycles. The van der Waals surface area contributed by atoms with Gasteiger partial charge < -0.3 is 9.47 Å². The van der Waals surface area contributed by atoms with Gasteiger partial charge >= 0.3 is 0 Å². The van der Waals surface area contributed by atoms with E-state index in [-0.39, 0.29) is 0 Å². The molecule has 0 bridgehead atoms. The Kier molecular flexibility index (Phi) is 4.48. The van der Waals surface area contributed by atoms with Gasteiger partial charge in [-0.15, -0.1) is 0 Å². The maximum Gasteiger partial charge on any atom is 0.161 e. The Balaban J connectivity index is 3.23. The number of ether oxygens (including phenoxy) is 2. The molecular formula is C10H10Br2O2. The molecule has 0 spiro atoms. The summed E-state index contributed by atoms with van der Waals surface area (Å²) in [5.74, 6) is 1.43. The Morgan fingerprint density at radius 2 is 1.71 bits per heavy atom. The Morgan fingerprint density at radius 1 is 1.14 bits per heavy atom. The van der Waals surface area contributed by atoms with Gasteiger partial charge in [0.05, 0.1) is 14.2 Å². The van der Waals surface area contributed by atoms with Crippen molar-refractivity contribution in [2.45, 2.75) is 0 Å². The van der Waals surface area contributed by atoms with E-state index in [1.54, 1.807) is 19.2 Å². The van der Waals surface area contributed by atoms with Crippen LogP contribution in [0.2, 0.25) is 0 Å². The molecule has 1 aromatic carbocycles. The second kappa shape index (κ2) is 5.41. The molecule has 0 N–H and O–H groups in total. The minimum absolute atomic E-state index is 0.714. The fraction of sp³-hybridized carbons (Fsp3) is 0.200. The quantitative estimate of drug-likeness (QED) is 0.842. The van der Waals surface area contributed by atoms with Crippen LogP contribution in [0.1, 0.15) is 5.56 Å². The van der Waals surface area contributed by atoms with Crippen molar-refractivity contribution in [3.63, 3.8) is 0 Å². The fourth-order valence-electron chi connectivity index (χ4n) is 1.07. The first-order valence-electron chi connectivity index (χ1n) is 3.91. The lowest BCUT2D eigenvalue weighted by molar-refractivity contribution is 0.354. The maximum atomic E-state index is 5.18. The van der Waals surface area contributed by atoms with Gasteiger partial charge in [0.15, 0.2) is 11.5 Å². The lowest BCUT2D eigenvalue weighted by Crippen LogP contribution is -1.91. The molecule has 2 nitrogen and oxygen atoms in total. The fourth-order valence-corrected chi connectivity index (χ4v) is 1.80. The SMILES string of the molecule is COc1cc(Br)c(/C=C\Br)cc1OC. The van der Waals surface area contributed by atoms with Gasteiger partial charge in [0, 0.05) is 4.47 Å². The molecule has 0 heterocycles. The first-order valence-corrected chi connectivity index (χ1v) is 5.62. The first-order chi connectivity index (χ1) is 6.72. The van der Waals surface area contributed by atoms with Gasteiger partial charge in [-0.3, -0.25) is 0 Å². The van der Waals surface area contributed by atoms with Gasteiger partial charge in [-0.2, -0.15) is 0 Å². The highest BCUT2D eigenvalue weighted by molar-refractivity contribution is 9.11. The van der Waals surface area contributed by atoms with Crippen molar-refractivity contribution < 1.29 is 9.47 Å². The van der Waals surface area contributed by atoms with Crippen molar-refractivity contribution >= 4 is 37.9 Å². The number of hydrogen-bond donors (Lipinski definition) is 0. The zero-order valence-electron chi connectivity index (χ0n) is 7.88. The van der Waals surface area contributed by atoms with Crippen molar-refractivity contribution in [3.05, 3.63) is 27.2 Å². The summed E-state index contributed by atoms with van der Waals surface area (Å²) in [5, 5.41) is 0. The summed E-state index contributed by atoms with van der Waals surface area (Å²) in [5.41, 5.74) is 1.03. The van der Waals surface area contributed by atoms with Crippen LogP contribution >= 0.6 is 31.9 Å². The normalized spacial score (nSPS) is 10.6. The van der Waals surface area contributed by atoms with Gasteiger partial charge in [-0.1, -0.05) is 31.9 Å². The Bertz CT molecular complexity index is 348. The summed E-state index contributed by atoms with van der Waals surface area (Å²) in [4.78, 5) is 1.79. The lowest BCUT2D eigenvalue weighted by atomic mass is 10.2. The second-order valence-electron chi connectivity index (χ2n) is 2.52. The molecule has 0 radical (unpaired) electrons. The van der Waals surface area contributed by atoms with E-state index in [4.69, 9.17) is 9.47 Å². The van der Waals surface area contributed by atoms with Crippen LogP contribution in [0.25, 0.3) is 6.08 Å². The molecule has 14 heavy (non-hydrogen) atoms. The van der Waals surface area contributed by atoms with Crippen molar-refractivity contribution in [3.8, 4) is 11.5 Å². The van der Waals surface area contributed by atoms with Crippen LogP contribution in [0.15, 0.2) is 21.6 Å². The molecule has 0 aromatic heterocycles. The average Bonchev–Trinajstić information content (AvgIpc) is 2.20. The van der Waals surface area contributed by atoms with Crippen molar-refractivity contribution in [2.75, 3.05) is 14.2 Å². The topological polar surface area (TPSA) is 18.5 Å². The molecule has 0 unspecified atom stereocenters. The highest BCUT2D eigenvalue weighted by Crippen LogP contribution is 2.33. The van der Waals surface area contributed by atoms with Gasteiger partial charge in [-0.25, -0.2) is 0 Å². The summed E-state index contributed by atoms with van der Waals surface area (Å²) in [7, 11) is 3.23. The summed E-state index contributed by atoms with van der Waals surface area (Å²) in [6.45, 7) is 0. The molecular weight excluding hydrogens is 312 g/mol. The molecule has 0 aliphatic heterocycles. The molecule has 0 saturated heterocycles. The third kappa shape index (κ3) is 2.51. The van der Waals surface area contributed by atoms with Gasteiger partial charge in [0.2, 0.25) is 0 Å². The molecule has 1 rings (SSSR count). The zero-order valence-corrected chi connectivity index (χ0v) is 11.1. The smallest absolute Gasteiger partial charge is 0.161 e. The molecule has 1 aromatic rings. The Morgan fingerprint density at radius 3 is 2.21 bits per heavy atom. The van der Waals surface area contributed by atoms with Crippen LogP contribution in [0.4, 0.5) is 0 Å². The largest absolute Gasteiger partial charge is 0.493 e. The molecule has 0 aliphatic carbocycles. The van der Waals surface area contributed by atoms with Crippen molar-refractivity contribution in [1.29, 1.82) is 0 Å². The van der Waals surface area contributed by atoms with Crippen LogP contribution in [0, 0.1) is 0 Å². The minimum atomic E-state index is 0.714. The van der Waals surface area contributed by atoms with Gasteiger partial charge in [0.25, 0.3) is 0 Å². The monoisotopic (exact) mass is 320 g/mol. The van der Waals surface area contributed by atoms with Crippen LogP contribution in [-0.2, 0) is 0 Å². The molecule has 76 valence electrons. The summed E-state index contributed by atoms with van der Waals surface area (Å²) < 4.78 is 11.3. The Labute approximate surface area is 100 Å². The van der Waals surface area contributed by atoms with Crippen LogP contribution < -0.4 is 9.47 Å². The second-order valence-corrected chi connectivity index (χ2v) is 3.90. The van der Waals surface area contributed by atoms with E-state index >= 15 is 0 Å². The van der Waals surface area contributed by atoms with E-state index in [9.17, 15) is 0 Å². The van der Waals surface area contributed by atoms with Crippen molar-refractivity contribution in [2.24, 2.45) is 0 Å². The summed E-state index contributed by atoms with van der Waals surface area (Å²) in [6, 6.07) is 3.78. The highest BCUT2D eigenvalue weighted by atomic mass is 79.9. The standard InChI is InChI=1S/C10H10Br2O2/c1-13-9-5-7(3-4-11)8(12)6-10(9)14-2/h3-6H,1-2H3/b4-3-. The average molecular weight is 322 g/mol. The predicted molar refractivity (Wildman–Crippen MR) is 65.2 cm³/mol. The van der Waals surface area contributed by atoms with E-state index in [2.05, 4.69) is 31.9 Å². The first kappa shape index (κ1) is 11.6. The molecule has 0 atom stereocenters. The summed E-state index contributed by atoms with van der Waals surface area (Å²) in [6.07, 6.45) is 1.92. The molecule has 0 fully saturated rings. The van der Waals surface area contributed by atoms with E-state index in [1.165, 1.54) is 0 Å². The van der Waals surface area contributed by atoms with E-state index < -0.39 is 0 Å². The Hall–Kier alpha value is -0.480. The summed E-state index contributed by atoms with van der Waals surface area (Å²) >= 11 is 6.67. The highest BCUT2D eigenvalue weighted by Gasteiger charge is 2.07. The van der Waals surface area contributed by atoms with E-state index in [1.807, 2.05) is 18.2 Å². The van der Waals surface area contributed by atoms with Crippen LogP contribution in [0.5, 0.6) is 11.5 Å². The van der Waals surface area contributed by atoms with Crippen LogP contribution in [-0.4, -0.2) is 14.2 Å². The number of methoxy groups -OCH3 is 2. The van der Waals surface area contributed by atoms with Crippen molar-refractivity contribution in [1.82, 2.24) is 0 Å². The molecule has 0 amide bonds. The minimum Gasteiger partial charge on any atom is -0.493 e. The predicted octanol–water partition coefficient (Wildman–Crippen LogP) is 3.83. The number of rotatable bonds is 3. The van der Waals surface area contributed by atoms with Crippen LogP contribution in [0.3, 0.4) is 0 Å². The van der Waals surface area contributed by atoms with Gasteiger partial charge in [0.1, 0.15) is 0 Å². The molecule has 0 aliphatic rings. The number of benzene rings is 1. The van der Waals surface area contributed by atoms with E-state index in [0.717, 1.165) is 15.8 Å². The third-order valence-corrected chi connectivity index (χ3v) is 2.70. The zero-order chi connectivity index (χ0) is 10.6. The number of hydrogen-bond acceptors (Lipinski definition) is 2. The molecule has 4 heteroatoms. The van der Waals surface area contributed by atoms with Gasteiger partial charge in [-0.05, 0) is 28.8 Å². The lowest BCUT2D eigenvalue weighted by Gasteiger charge is -2.09.